The first-order chi connectivity index (χ1) is 14.8. The summed E-state index contributed by atoms with van der Waals surface area (Å²) < 4.78 is 1.88. The van der Waals surface area contributed by atoms with Gasteiger partial charge in [0.2, 0.25) is 5.91 Å². The Morgan fingerprint density at radius 3 is 2.63 bits per heavy atom. The second-order valence-corrected chi connectivity index (χ2v) is 8.15. The van der Waals surface area contributed by atoms with Crippen molar-refractivity contribution >= 4 is 5.91 Å². The van der Waals surface area contributed by atoms with Crippen LogP contribution in [0.25, 0.3) is 5.69 Å². The van der Waals surface area contributed by atoms with E-state index in [1.165, 1.54) is 24.0 Å². The topological polar surface area (TPSA) is 50.2 Å². The molecule has 0 spiro atoms. The van der Waals surface area contributed by atoms with Gasteiger partial charge < -0.3 is 5.32 Å². The van der Waals surface area contributed by atoms with Crippen molar-refractivity contribution < 1.29 is 4.79 Å². The quantitative estimate of drug-likeness (QED) is 0.623. The Labute approximate surface area is 178 Å². The van der Waals surface area contributed by atoms with Gasteiger partial charge in [-0.1, -0.05) is 42.5 Å². The summed E-state index contributed by atoms with van der Waals surface area (Å²) in [4.78, 5) is 14.7. The van der Waals surface area contributed by atoms with Gasteiger partial charge in [-0.2, -0.15) is 5.10 Å². The van der Waals surface area contributed by atoms with E-state index in [2.05, 4.69) is 51.7 Å². The first kappa shape index (κ1) is 20.4. The lowest BCUT2D eigenvalue weighted by Gasteiger charge is -2.33. The van der Waals surface area contributed by atoms with E-state index in [1.807, 2.05) is 35.1 Å². The number of hydrogen-bond donors (Lipinski definition) is 1. The van der Waals surface area contributed by atoms with Crippen LogP contribution in [0.4, 0.5) is 0 Å². The number of amides is 1. The lowest BCUT2D eigenvalue weighted by atomic mass is 9.97. The molecular formula is C25H30N4O. The predicted octanol–water partition coefficient (Wildman–Crippen LogP) is 3.83. The Bertz CT molecular complexity index is 906. The fourth-order valence-corrected chi connectivity index (χ4v) is 4.14. The maximum absolute atomic E-state index is 12.2. The van der Waals surface area contributed by atoms with Crippen molar-refractivity contribution in [2.75, 3.05) is 19.6 Å². The highest BCUT2D eigenvalue weighted by Crippen LogP contribution is 2.19. The van der Waals surface area contributed by atoms with E-state index in [4.69, 9.17) is 0 Å². The molecule has 30 heavy (non-hydrogen) atoms. The number of carbonyl (C=O) groups is 1. The van der Waals surface area contributed by atoms with Crippen molar-refractivity contribution in [3.05, 3.63) is 84.2 Å². The van der Waals surface area contributed by atoms with Gasteiger partial charge in [0.15, 0.2) is 0 Å². The molecule has 1 atom stereocenters. The van der Waals surface area contributed by atoms with E-state index >= 15 is 0 Å². The number of nitrogens with zero attached hydrogens (tertiary/aromatic N) is 3. The lowest BCUT2D eigenvalue weighted by molar-refractivity contribution is -0.121. The fraction of sp³-hybridized carbons (Fsp3) is 0.360. The Hall–Kier alpha value is -2.92. The molecular weight excluding hydrogens is 372 g/mol. The summed E-state index contributed by atoms with van der Waals surface area (Å²) in [6.07, 6.45) is 7.49. The van der Waals surface area contributed by atoms with Crippen molar-refractivity contribution in [3.8, 4) is 5.69 Å². The van der Waals surface area contributed by atoms with Crippen LogP contribution in [0, 0.1) is 5.92 Å². The van der Waals surface area contributed by atoms with Crippen LogP contribution in [0.15, 0.2) is 73.1 Å². The maximum Gasteiger partial charge on any atom is 0.220 e. The number of likely N-dealkylation sites (tertiary alicyclic amines) is 1. The summed E-state index contributed by atoms with van der Waals surface area (Å²) in [6.45, 7) is 3.90. The molecule has 0 bridgehead atoms. The summed E-state index contributed by atoms with van der Waals surface area (Å²) in [6, 6.07) is 20.8. The van der Waals surface area contributed by atoms with Gasteiger partial charge in [-0.3, -0.25) is 9.69 Å². The van der Waals surface area contributed by atoms with E-state index in [0.29, 0.717) is 12.3 Å². The molecule has 156 valence electrons. The smallest absolute Gasteiger partial charge is 0.220 e. The van der Waals surface area contributed by atoms with Crippen molar-refractivity contribution in [2.24, 2.45) is 5.92 Å². The van der Waals surface area contributed by atoms with Crippen LogP contribution in [0.1, 0.15) is 30.4 Å². The van der Waals surface area contributed by atoms with Gasteiger partial charge in [0.25, 0.3) is 0 Å². The lowest BCUT2D eigenvalue weighted by Crippen LogP contribution is -2.40. The molecule has 1 aliphatic rings. The fourth-order valence-electron chi connectivity index (χ4n) is 4.14. The summed E-state index contributed by atoms with van der Waals surface area (Å²) in [5.41, 5.74) is 3.62. The molecule has 1 amide bonds. The zero-order chi connectivity index (χ0) is 20.6. The van der Waals surface area contributed by atoms with Crippen LogP contribution in [-0.2, 0) is 17.8 Å². The van der Waals surface area contributed by atoms with Crippen LogP contribution in [0.2, 0.25) is 0 Å². The second-order valence-electron chi connectivity index (χ2n) is 8.15. The zero-order valence-electron chi connectivity index (χ0n) is 17.4. The molecule has 1 aromatic heterocycles. The number of hydrogen-bond acceptors (Lipinski definition) is 3. The number of aromatic nitrogens is 2. The molecule has 3 aromatic rings. The van der Waals surface area contributed by atoms with Crippen LogP contribution in [0.3, 0.4) is 0 Å². The molecule has 1 N–H and O–H groups in total. The van der Waals surface area contributed by atoms with Crippen LogP contribution in [0.5, 0.6) is 0 Å². The highest BCUT2D eigenvalue weighted by Gasteiger charge is 2.20. The van der Waals surface area contributed by atoms with E-state index in [0.717, 1.165) is 38.3 Å². The Kier molecular flexibility index (Phi) is 6.93. The molecule has 0 aliphatic carbocycles. The molecule has 0 radical (unpaired) electrons. The molecule has 2 heterocycles. The van der Waals surface area contributed by atoms with Gasteiger partial charge in [-0.05, 0) is 61.1 Å². The van der Waals surface area contributed by atoms with Crippen LogP contribution in [-0.4, -0.2) is 40.2 Å². The van der Waals surface area contributed by atoms with E-state index in [9.17, 15) is 4.79 Å². The monoisotopic (exact) mass is 402 g/mol. The number of piperidine rings is 1. The minimum atomic E-state index is 0.158. The SMILES string of the molecule is O=C(CCc1ccccc1)NC[C@H]1CCCN(Cc2ccc(-n3cccn3)cc2)C1. The van der Waals surface area contributed by atoms with Gasteiger partial charge in [0, 0.05) is 38.4 Å². The van der Waals surface area contributed by atoms with Gasteiger partial charge in [0.1, 0.15) is 0 Å². The molecule has 0 unspecified atom stereocenters. The van der Waals surface area contributed by atoms with Gasteiger partial charge in [0.05, 0.1) is 5.69 Å². The standard InChI is InChI=1S/C25H30N4O/c30-25(14-11-21-6-2-1-3-7-21)26-18-23-8-4-16-28(20-23)19-22-9-12-24(13-10-22)29-17-5-15-27-29/h1-3,5-7,9-10,12-13,15,17,23H,4,8,11,14,16,18-20H2,(H,26,30)/t23-/m1/s1. The molecule has 2 aromatic carbocycles. The average Bonchev–Trinajstić information content (AvgIpc) is 3.33. The van der Waals surface area contributed by atoms with Crippen LogP contribution >= 0.6 is 0 Å². The van der Waals surface area contributed by atoms with E-state index in [-0.39, 0.29) is 5.91 Å². The Balaban J connectivity index is 1.21. The normalized spacial score (nSPS) is 17.0. The summed E-state index contributed by atoms with van der Waals surface area (Å²) in [5, 5.41) is 7.43. The predicted molar refractivity (Wildman–Crippen MR) is 119 cm³/mol. The molecule has 1 saturated heterocycles. The minimum Gasteiger partial charge on any atom is -0.356 e. The molecule has 5 nitrogen and oxygen atoms in total. The van der Waals surface area contributed by atoms with Crippen molar-refractivity contribution in [1.82, 2.24) is 20.0 Å². The number of carbonyl (C=O) groups excluding carboxylic acids is 1. The highest BCUT2D eigenvalue weighted by atomic mass is 16.1. The molecule has 5 heteroatoms. The van der Waals surface area contributed by atoms with Crippen molar-refractivity contribution in [2.45, 2.75) is 32.2 Å². The van der Waals surface area contributed by atoms with Gasteiger partial charge in [-0.15, -0.1) is 0 Å². The van der Waals surface area contributed by atoms with E-state index < -0.39 is 0 Å². The number of benzene rings is 2. The first-order valence-electron chi connectivity index (χ1n) is 10.9. The minimum absolute atomic E-state index is 0.158. The first-order valence-corrected chi connectivity index (χ1v) is 10.9. The van der Waals surface area contributed by atoms with Gasteiger partial charge >= 0.3 is 0 Å². The molecule has 0 saturated carbocycles. The Morgan fingerprint density at radius 1 is 1.03 bits per heavy atom. The number of rotatable bonds is 8. The number of nitrogens with one attached hydrogen (secondary N) is 1. The van der Waals surface area contributed by atoms with Crippen molar-refractivity contribution in [1.29, 1.82) is 0 Å². The second kappa shape index (κ2) is 10.2. The molecule has 1 fully saturated rings. The summed E-state index contributed by atoms with van der Waals surface area (Å²) in [7, 11) is 0. The van der Waals surface area contributed by atoms with Crippen LogP contribution < -0.4 is 5.32 Å². The number of aryl methyl sites for hydroxylation is 1. The third kappa shape index (κ3) is 5.80. The zero-order valence-corrected chi connectivity index (χ0v) is 17.4. The third-order valence-corrected chi connectivity index (χ3v) is 5.79. The van der Waals surface area contributed by atoms with E-state index in [1.54, 1.807) is 6.20 Å². The van der Waals surface area contributed by atoms with Crippen molar-refractivity contribution in [3.63, 3.8) is 0 Å². The summed E-state index contributed by atoms with van der Waals surface area (Å²) >= 11 is 0. The van der Waals surface area contributed by atoms with Gasteiger partial charge in [-0.25, -0.2) is 4.68 Å². The average molecular weight is 403 g/mol. The maximum atomic E-state index is 12.2. The molecule has 4 rings (SSSR count). The highest BCUT2D eigenvalue weighted by molar-refractivity contribution is 5.76. The third-order valence-electron chi connectivity index (χ3n) is 5.79. The largest absolute Gasteiger partial charge is 0.356 e. The summed E-state index contributed by atoms with van der Waals surface area (Å²) in [5.74, 6) is 0.688. The molecule has 1 aliphatic heterocycles. The Morgan fingerprint density at radius 2 is 1.87 bits per heavy atom.